The van der Waals surface area contributed by atoms with Crippen molar-refractivity contribution in [1.29, 1.82) is 0 Å². The van der Waals surface area contributed by atoms with Crippen molar-refractivity contribution in [2.45, 2.75) is 32.9 Å². The van der Waals surface area contributed by atoms with Crippen LogP contribution in [0.1, 0.15) is 30.6 Å². The molecule has 1 aromatic carbocycles. The van der Waals surface area contributed by atoms with E-state index in [1.807, 2.05) is 24.7 Å². The largest absolute Gasteiger partial charge is 0.335 e. The summed E-state index contributed by atoms with van der Waals surface area (Å²) in [5.41, 5.74) is 2.48. The molecule has 0 fully saturated rings. The predicted octanol–water partition coefficient (Wildman–Crippen LogP) is 3.59. The highest BCUT2D eigenvalue weighted by atomic mass is 35.5. The molecule has 1 unspecified atom stereocenters. The van der Waals surface area contributed by atoms with Gasteiger partial charge in [-0.3, -0.25) is 0 Å². The molecule has 1 aromatic heterocycles. The van der Waals surface area contributed by atoms with Crippen molar-refractivity contribution in [1.82, 2.24) is 14.9 Å². The maximum atomic E-state index is 5.89. The Kier molecular flexibility index (Phi) is 5.00. The maximum absolute atomic E-state index is 5.89. The molecule has 4 heteroatoms. The number of halogens is 1. The topological polar surface area (TPSA) is 29.9 Å². The van der Waals surface area contributed by atoms with E-state index in [0.29, 0.717) is 6.04 Å². The molecular formula is C15H20ClN3. The number of nitrogens with one attached hydrogen (secondary N) is 1. The molecule has 2 aromatic rings. The number of rotatable bonds is 6. The van der Waals surface area contributed by atoms with Gasteiger partial charge in [-0.2, -0.15) is 0 Å². The van der Waals surface area contributed by atoms with Gasteiger partial charge in [-0.05, 0) is 44.5 Å². The van der Waals surface area contributed by atoms with Gasteiger partial charge in [-0.1, -0.05) is 23.7 Å². The first kappa shape index (κ1) is 14.1. The van der Waals surface area contributed by atoms with E-state index in [1.54, 1.807) is 0 Å². The summed E-state index contributed by atoms with van der Waals surface area (Å²) in [6.45, 7) is 6.25. The van der Waals surface area contributed by atoms with E-state index in [-0.39, 0.29) is 0 Å². The summed E-state index contributed by atoms with van der Waals surface area (Å²) in [5, 5.41) is 4.31. The predicted molar refractivity (Wildman–Crippen MR) is 79.5 cm³/mol. The van der Waals surface area contributed by atoms with Gasteiger partial charge >= 0.3 is 0 Å². The summed E-state index contributed by atoms with van der Waals surface area (Å²) in [5.74, 6) is 0. The number of hydrogen-bond donors (Lipinski definition) is 1. The van der Waals surface area contributed by atoms with Crippen molar-refractivity contribution >= 4 is 11.6 Å². The monoisotopic (exact) mass is 277 g/mol. The summed E-state index contributed by atoms with van der Waals surface area (Å²) in [4.78, 5) is 4.12. The molecule has 0 saturated carbocycles. The zero-order valence-corrected chi connectivity index (χ0v) is 12.2. The van der Waals surface area contributed by atoms with Crippen LogP contribution in [0.15, 0.2) is 36.8 Å². The molecule has 0 saturated heterocycles. The van der Waals surface area contributed by atoms with Crippen LogP contribution in [0.25, 0.3) is 0 Å². The smallest absolute Gasteiger partial charge is 0.0948 e. The van der Waals surface area contributed by atoms with Gasteiger partial charge in [0.1, 0.15) is 0 Å². The maximum Gasteiger partial charge on any atom is 0.0948 e. The molecule has 0 aliphatic carbocycles. The normalized spacial score (nSPS) is 12.6. The van der Waals surface area contributed by atoms with Crippen LogP contribution in [0.3, 0.4) is 0 Å². The molecule has 102 valence electrons. The summed E-state index contributed by atoms with van der Waals surface area (Å²) in [7, 11) is 0. The minimum absolute atomic E-state index is 0.348. The standard InChI is InChI=1S/C15H20ClN3/c1-12-10-17-11-19(12)9-3-8-18-13(2)14-4-6-15(16)7-5-14/h4-7,10-11,13,18H,3,8-9H2,1-2H3. The van der Waals surface area contributed by atoms with Crippen molar-refractivity contribution in [3.05, 3.63) is 53.1 Å². The molecular weight excluding hydrogens is 258 g/mol. The molecule has 0 bridgehead atoms. The summed E-state index contributed by atoms with van der Waals surface area (Å²) in [6, 6.07) is 8.36. The molecule has 1 atom stereocenters. The van der Waals surface area contributed by atoms with E-state index in [0.717, 1.165) is 24.5 Å². The molecule has 1 N–H and O–H groups in total. The molecule has 2 rings (SSSR count). The van der Waals surface area contributed by atoms with Crippen LogP contribution in [-0.2, 0) is 6.54 Å². The lowest BCUT2D eigenvalue weighted by Crippen LogP contribution is -2.21. The molecule has 0 aliphatic rings. The lowest BCUT2D eigenvalue weighted by molar-refractivity contribution is 0.523. The number of aromatic nitrogens is 2. The number of imidazole rings is 1. The summed E-state index contributed by atoms with van der Waals surface area (Å²) < 4.78 is 2.18. The Labute approximate surface area is 119 Å². The first-order chi connectivity index (χ1) is 9.16. The Morgan fingerprint density at radius 2 is 2.05 bits per heavy atom. The number of hydrogen-bond acceptors (Lipinski definition) is 2. The first-order valence-corrected chi connectivity index (χ1v) is 7.00. The van der Waals surface area contributed by atoms with Crippen LogP contribution in [0.4, 0.5) is 0 Å². The van der Waals surface area contributed by atoms with Gasteiger partial charge in [0.15, 0.2) is 0 Å². The highest BCUT2D eigenvalue weighted by Gasteiger charge is 2.04. The molecule has 3 nitrogen and oxygen atoms in total. The fraction of sp³-hybridized carbons (Fsp3) is 0.400. The lowest BCUT2D eigenvalue weighted by Gasteiger charge is -2.14. The SMILES string of the molecule is Cc1cncn1CCCNC(C)c1ccc(Cl)cc1. The Bertz CT molecular complexity index is 504. The van der Waals surface area contributed by atoms with E-state index in [9.17, 15) is 0 Å². The van der Waals surface area contributed by atoms with Gasteiger partial charge in [-0.15, -0.1) is 0 Å². The third-order valence-corrected chi connectivity index (χ3v) is 3.57. The number of aryl methyl sites for hydroxylation is 2. The van der Waals surface area contributed by atoms with Crippen LogP contribution in [0.5, 0.6) is 0 Å². The van der Waals surface area contributed by atoms with Gasteiger partial charge < -0.3 is 9.88 Å². The number of nitrogens with zero attached hydrogens (tertiary/aromatic N) is 2. The second-order valence-electron chi connectivity index (χ2n) is 4.81. The fourth-order valence-electron chi connectivity index (χ4n) is 2.06. The highest BCUT2D eigenvalue weighted by molar-refractivity contribution is 6.30. The summed E-state index contributed by atoms with van der Waals surface area (Å²) in [6.07, 6.45) is 4.87. The van der Waals surface area contributed by atoms with E-state index < -0.39 is 0 Å². The second-order valence-corrected chi connectivity index (χ2v) is 5.25. The van der Waals surface area contributed by atoms with Gasteiger partial charge in [0.25, 0.3) is 0 Å². The Morgan fingerprint density at radius 1 is 1.32 bits per heavy atom. The second kappa shape index (κ2) is 6.73. The minimum Gasteiger partial charge on any atom is -0.335 e. The number of benzene rings is 1. The van der Waals surface area contributed by atoms with Crippen molar-refractivity contribution in [3.63, 3.8) is 0 Å². The van der Waals surface area contributed by atoms with Gasteiger partial charge in [-0.25, -0.2) is 4.98 Å². The zero-order valence-electron chi connectivity index (χ0n) is 11.4. The Hall–Kier alpha value is -1.32. The van der Waals surface area contributed by atoms with Crippen LogP contribution in [-0.4, -0.2) is 16.1 Å². The molecule has 0 amide bonds. The lowest BCUT2D eigenvalue weighted by atomic mass is 10.1. The van der Waals surface area contributed by atoms with E-state index in [2.05, 4.69) is 40.8 Å². The van der Waals surface area contributed by atoms with Gasteiger partial charge in [0, 0.05) is 29.5 Å². The van der Waals surface area contributed by atoms with Crippen molar-refractivity contribution in [2.24, 2.45) is 0 Å². The quantitative estimate of drug-likeness (QED) is 0.818. The van der Waals surface area contributed by atoms with Crippen molar-refractivity contribution in [2.75, 3.05) is 6.54 Å². The third kappa shape index (κ3) is 4.08. The van der Waals surface area contributed by atoms with Crippen LogP contribution in [0.2, 0.25) is 5.02 Å². The zero-order chi connectivity index (χ0) is 13.7. The first-order valence-electron chi connectivity index (χ1n) is 6.62. The molecule has 1 heterocycles. The van der Waals surface area contributed by atoms with Crippen molar-refractivity contribution < 1.29 is 0 Å². The average molecular weight is 278 g/mol. The fourth-order valence-corrected chi connectivity index (χ4v) is 2.18. The molecule has 0 spiro atoms. The molecule has 0 radical (unpaired) electrons. The highest BCUT2D eigenvalue weighted by Crippen LogP contribution is 2.15. The molecule has 19 heavy (non-hydrogen) atoms. The Morgan fingerprint density at radius 3 is 2.68 bits per heavy atom. The summed E-state index contributed by atoms with van der Waals surface area (Å²) >= 11 is 5.89. The van der Waals surface area contributed by atoms with Crippen molar-refractivity contribution in [3.8, 4) is 0 Å². The van der Waals surface area contributed by atoms with Crippen LogP contribution < -0.4 is 5.32 Å². The van der Waals surface area contributed by atoms with Crippen LogP contribution in [0, 0.1) is 6.92 Å². The minimum atomic E-state index is 0.348. The molecule has 0 aliphatic heterocycles. The Balaban J connectivity index is 1.73. The van der Waals surface area contributed by atoms with Gasteiger partial charge in [0.2, 0.25) is 0 Å². The van der Waals surface area contributed by atoms with E-state index >= 15 is 0 Å². The van der Waals surface area contributed by atoms with E-state index in [1.165, 1.54) is 11.3 Å². The average Bonchev–Trinajstić information content (AvgIpc) is 2.81. The third-order valence-electron chi connectivity index (χ3n) is 3.32. The van der Waals surface area contributed by atoms with Gasteiger partial charge in [0.05, 0.1) is 6.33 Å². The van der Waals surface area contributed by atoms with Crippen LogP contribution >= 0.6 is 11.6 Å². The van der Waals surface area contributed by atoms with E-state index in [4.69, 9.17) is 11.6 Å².